The Labute approximate surface area is 143 Å². The molecule has 6 heteroatoms. The van der Waals surface area contributed by atoms with Crippen molar-refractivity contribution < 1.29 is 19.1 Å². The SMILES string of the molecule is CN(C)C(=O)C1CCC(CNC(=O)CCOCc2ccccc2)O1. The smallest absolute Gasteiger partial charge is 0.251 e. The zero-order chi connectivity index (χ0) is 17.4. The minimum atomic E-state index is -0.379. The number of benzene rings is 1. The summed E-state index contributed by atoms with van der Waals surface area (Å²) >= 11 is 0. The molecule has 1 fully saturated rings. The van der Waals surface area contributed by atoms with Gasteiger partial charge in [-0.3, -0.25) is 9.59 Å². The molecule has 0 spiro atoms. The van der Waals surface area contributed by atoms with Crippen LogP contribution in [-0.4, -0.2) is 56.2 Å². The molecule has 0 bridgehead atoms. The molecule has 0 aromatic heterocycles. The van der Waals surface area contributed by atoms with E-state index in [0.29, 0.717) is 32.6 Å². The normalized spacial score (nSPS) is 19.9. The maximum atomic E-state index is 11.8. The van der Waals surface area contributed by atoms with Gasteiger partial charge in [0.25, 0.3) is 5.91 Å². The van der Waals surface area contributed by atoms with Crippen LogP contribution in [0, 0.1) is 0 Å². The molecule has 1 aliphatic heterocycles. The quantitative estimate of drug-likeness (QED) is 0.729. The lowest BCUT2D eigenvalue weighted by molar-refractivity contribution is -0.140. The number of likely N-dealkylation sites (N-methyl/N-ethyl adjacent to an activating group) is 1. The molecule has 2 atom stereocenters. The molecular formula is C18H26N2O4. The minimum absolute atomic E-state index is 0.0156. The predicted molar refractivity (Wildman–Crippen MR) is 90.3 cm³/mol. The average Bonchev–Trinajstić information content (AvgIpc) is 3.06. The highest BCUT2D eigenvalue weighted by atomic mass is 16.5. The Morgan fingerprint density at radius 1 is 1.25 bits per heavy atom. The third kappa shape index (κ3) is 5.94. The zero-order valence-electron chi connectivity index (χ0n) is 14.4. The van der Waals surface area contributed by atoms with Gasteiger partial charge < -0.3 is 19.7 Å². The maximum absolute atomic E-state index is 11.8. The summed E-state index contributed by atoms with van der Waals surface area (Å²) in [6.45, 7) is 1.33. The number of hydrogen-bond donors (Lipinski definition) is 1. The second-order valence-electron chi connectivity index (χ2n) is 6.15. The Morgan fingerprint density at radius 2 is 2.00 bits per heavy atom. The summed E-state index contributed by atoms with van der Waals surface area (Å²) in [4.78, 5) is 25.2. The van der Waals surface area contributed by atoms with Crippen LogP contribution in [0.5, 0.6) is 0 Å². The predicted octanol–water partition coefficient (Wildman–Crippen LogP) is 1.35. The first-order chi connectivity index (χ1) is 11.6. The molecule has 6 nitrogen and oxygen atoms in total. The molecular weight excluding hydrogens is 308 g/mol. The van der Waals surface area contributed by atoms with Crippen LogP contribution in [-0.2, 0) is 25.7 Å². The molecule has 2 unspecified atom stereocenters. The van der Waals surface area contributed by atoms with Crippen LogP contribution in [0.15, 0.2) is 30.3 Å². The van der Waals surface area contributed by atoms with E-state index in [1.54, 1.807) is 14.1 Å². The third-order valence-corrected chi connectivity index (χ3v) is 3.94. The van der Waals surface area contributed by atoms with Gasteiger partial charge in [0.1, 0.15) is 6.10 Å². The van der Waals surface area contributed by atoms with Crippen molar-refractivity contribution in [3.05, 3.63) is 35.9 Å². The summed E-state index contributed by atoms with van der Waals surface area (Å²) in [5.41, 5.74) is 1.09. The highest BCUT2D eigenvalue weighted by molar-refractivity contribution is 5.80. The van der Waals surface area contributed by atoms with Gasteiger partial charge in [0, 0.05) is 27.1 Å². The van der Waals surface area contributed by atoms with Crippen LogP contribution < -0.4 is 5.32 Å². The van der Waals surface area contributed by atoms with Crippen LogP contribution in [0.25, 0.3) is 0 Å². The minimum Gasteiger partial charge on any atom is -0.376 e. The lowest BCUT2D eigenvalue weighted by Gasteiger charge is -2.17. The van der Waals surface area contributed by atoms with Gasteiger partial charge in [-0.15, -0.1) is 0 Å². The lowest BCUT2D eigenvalue weighted by Crippen LogP contribution is -2.36. The topological polar surface area (TPSA) is 67.9 Å². The molecule has 132 valence electrons. The van der Waals surface area contributed by atoms with E-state index in [2.05, 4.69) is 5.32 Å². The molecule has 1 saturated heterocycles. The lowest BCUT2D eigenvalue weighted by atomic mass is 10.2. The molecule has 1 aromatic carbocycles. The number of carbonyl (C=O) groups is 2. The highest BCUT2D eigenvalue weighted by Gasteiger charge is 2.31. The zero-order valence-corrected chi connectivity index (χ0v) is 14.4. The molecule has 1 aliphatic rings. The van der Waals surface area contributed by atoms with Crippen LogP contribution in [0.2, 0.25) is 0 Å². The van der Waals surface area contributed by atoms with E-state index in [9.17, 15) is 9.59 Å². The number of amides is 2. The van der Waals surface area contributed by atoms with Gasteiger partial charge in [0.15, 0.2) is 0 Å². The van der Waals surface area contributed by atoms with Crippen molar-refractivity contribution in [1.82, 2.24) is 10.2 Å². The number of carbonyl (C=O) groups excluding carboxylic acids is 2. The van der Waals surface area contributed by atoms with Gasteiger partial charge >= 0.3 is 0 Å². The summed E-state index contributed by atoms with van der Waals surface area (Å²) in [7, 11) is 3.44. The van der Waals surface area contributed by atoms with Crippen molar-refractivity contribution in [3.8, 4) is 0 Å². The highest BCUT2D eigenvalue weighted by Crippen LogP contribution is 2.20. The van der Waals surface area contributed by atoms with Crippen molar-refractivity contribution >= 4 is 11.8 Å². The monoisotopic (exact) mass is 334 g/mol. The van der Waals surface area contributed by atoms with Gasteiger partial charge in [-0.05, 0) is 18.4 Å². The molecule has 1 heterocycles. The Kier molecular flexibility index (Phi) is 7.21. The number of ether oxygens (including phenoxy) is 2. The Hall–Kier alpha value is -1.92. The summed E-state index contributed by atoms with van der Waals surface area (Å²) < 4.78 is 11.2. The van der Waals surface area contributed by atoms with Crippen molar-refractivity contribution in [1.29, 1.82) is 0 Å². The van der Waals surface area contributed by atoms with Crippen LogP contribution in [0.1, 0.15) is 24.8 Å². The van der Waals surface area contributed by atoms with E-state index >= 15 is 0 Å². The molecule has 1 aromatic rings. The first kappa shape index (κ1) is 18.4. The Balaban J connectivity index is 1.56. The molecule has 2 amide bonds. The maximum Gasteiger partial charge on any atom is 0.251 e. The van der Waals surface area contributed by atoms with E-state index in [-0.39, 0.29) is 24.0 Å². The second-order valence-corrected chi connectivity index (χ2v) is 6.15. The van der Waals surface area contributed by atoms with Gasteiger partial charge in [-0.2, -0.15) is 0 Å². The van der Waals surface area contributed by atoms with E-state index in [1.165, 1.54) is 4.90 Å². The number of rotatable bonds is 8. The standard InChI is InChI=1S/C18H26N2O4/c1-20(2)18(22)16-9-8-15(24-16)12-19-17(21)10-11-23-13-14-6-4-3-5-7-14/h3-7,15-16H,8-13H2,1-2H3,(H,19,21). The van der Waals surface area contributed by atoms with Crippen LogP contribution >= 0.6 is 0 Å². The molecule has 2 rings (SSSR count). The second kappa shape index (κ2) is 9.39. The first-order valence-electron chi connectivity index (χ1n) is 8.31. The average molecular weight is 334 g/mol. The number of nitrogens with one attached hydrogen (secondary N) is 1. The Bertz CT molecular complexity index is 533. The largest absolute Gasteiger partial charge is 0.376 e. The van der Waals surface area contributed by atoms with E-state index in [1.807, 2.05) is 30.3 Å². The molecule has 0 radical (unpaired) electrons. The van der Waals surface area contributed by atoms with E-state index < -0.39 is 0 Å². The summed E-state index contributed by atoms with van der Waals surface area (Å²) in [5.74, 6) is -0.0767. The Morgan fingerprint density at radius 3 is 2.71 bits per heavy atom. The van der Waals surface area contributed by atoms with Crippen LogP contribution in [0.4, 0.5) is 0 Å². The fourth-order valence-corrected chi connectivity index (χ4v) is 2.57. The van der Waals surface area contributed by atoms with E-state index in [0.717, 1.165) is 12.0 Å². The van der Waals surface area contributed by atoms with E-state index in [4.69, 9.17) is 9.47 Å². The number of hydrogen-bond acceptors (Lipinski definition) is 4. The summed E-state index contributed by atoms with van der Waals surface area (Å²) in [6, 6.07) is 9.85. The van der Waals surface area contributed by atoms with Crippen molar-refractivity contribution in [3.63, 3.8) is 0 Å². The molecule has 0 saturated carbocycles. The van der Waals surface area contributed by atoms with Crippen molar-refractivity contribution in [2.75, 3.05) is 27.2 Å². The first-order valence-corrected chi connectivity index (χ1v) is 8.31. The van der Waals surface area contributed by atoms with Gasteiger partial charge in [0.2, 0.25) is 5.91 Å². The van der Waals surface area contributed by atoms with Gasteiger partial charge in [0.05, 0.1) is 19.3 Å². The van der Waals surface area contributed by atoms with Gasteiger partial charge in [-0.1, -0.05) is 30.3 Å². The molecule has 24 heavy (non-hydrogen) atoms. The molecule has 0 aliphatic carbocycles. The fraction of sp³-hybridized carbons (Fsp3) is 0.556. The summed E-state index contributed by atoms with van der Waals surface area (Å²) in [5, 5.41) is 2.84. The van der Waals surface area contributed by atoms with Crippen LogP contribution in [0.3, 0.4) is 0 Å². The number of nitrogens with zero attached hydrogens (tertiary/aromatic N) is 1. The summed E-state index contributed by atoms with van der Waals surface area (Å²) in [6.07, 6.45) is 1.34. The van der Waals surface area contributed by atoms with Crippen molar-refractivity contribution in [2.45, 2.75) is 38.1 Å². The third-order valence-electron chi connectivity index (χ3n) is 3.94. The molecule has 1 N–H and O–H groups in total. The fourth-order valence-electron chi connectivity index (χ4n) is 2.57. The van der Waals surface area contributed by atoms with Crippen molar-refractivity contribution in [2.24, 2.45) is 0 Å². The van der Waals surface area contributed by atoms with Gasteiger partial charge in [-0.25, -0.2) is 0 Å².